The molecular formula is C25H26FN3O2. The van der Waals surface area contributed by atoms with Gasteiger partial charge < -0.3 is 9.30 Å². The average Bonchev–Trinajstić information content (AvgIpc) is 3.33. The predicted octanol–water partition coefficient (Wildman–Crippen LogP) is 5.70. The van der Waals surface area contributed by atoms with Gasteiger partial charge in [0.1, 0.15) is 5.82 Å². The third kappa shape index (κ3) is 3.45. The highest BCUT2D eigenvalue weighted by molar-refractivity contribution is 6.01. The van der Waals surface area contributed by atoms with Crippen molar-refractivity contribution in [3.63, 3.8) is 0 Å². The maximum absolute atomic E-state index is 13.6. The van der Waals surface area contributed by atoms with Gasteiger partial charge in [-0.3, -0.25) is 4.79 Å². The minimum absolute atomic E-state index is 0.0410. The maximum atomic E-state index is 13.6. The van der Waals surface area contributed by atoms with Gasteiger partial charge in [-0.1, -0.05) is 20.8 Å². The second kappa shape index (κ2) is 7.31. The summed E-state index contributed by atoms with van der Waals surface area (Å²) in [5.74, 6) is -0.0325. The van der Waals surface area contributed by atoms with E-state index < -0.39 is 5.41 Å². The van der Waals surface area contributed by atoms with Crippen molar-refractivity contribution < 1.29 is 13.9 Å². The van der Waals surface area contributed by atoms with Crippen LogP contribution >= 0.6 is 0 Å². The van der Waals surface area contributed by atoms with E-state index in [0.29, 0.717) is 6.61 Å². The van der Waals surface area contributed by atoms with Crippen molar-refractivity contribution in [1.29, 1.82) is 0 Å². The van der Waals surface area contributed by atoms with Gasteiger partial charge in [-0.15, -0.1) is 0 Å². The summed E-state index contributed by atoms with van der Waals surface area (Å²) in [6.45, 7) is 7.16. The summed E-state index contributed by atoms with van der Waals surface area (Å²) in [6.07, 6.45) is 3.81. The standard InChI is InChI=1S/C25H26FN3O2/c1-25(2,3)24(30)29-23-12-17-11-21(16-5-4-10-31-15-16)28(20-8-6-19(26)7-9-20)22(17)13-18(23)14-27-29/h6-9,11-14,16H,4-5,10,15H2,1-3H3. The van der Waals surface area contributed by atoms with E-state index in [-0.39, 0.29) is 17.6 Å². The number of hydrogen-bond donors (Lipinski definition) is 0. The molecule has 1 aliphatic rings. The third-order valence-corrected chi connectivity index (χ3v) is 6.02. The van der Waals surface area contributed by atoms with Gasteiger partial charge in [0.15, 0.2) is 0 Å². The quantitative estimate of drug-likeness (QED) is 0.419. The normalized spacial score (nSPS) is 17.5. The fraction of sp³-hybridized carbons (Fsp3) is 0.360. The number of nitrogens with zero attached hydrogens (tertiary/aromatic N) is 3. The Hall–Kier alpha value is -2.99. The molecule has 1 atom stereocenters. The molecule has 0 bridgehead atoms. The first kappa shape index (κ1) is 19.9. The Morgan fingerprint density at radius 2 is 1.84 bits per heavy atom. The lowest BCUT2D eigenvalue weighted by Gasteiger charge is -2.24. The van der Waals surface area contributed by atoms with E-state index in [9.17, 15) is 9.18 Å². The molecule has 4 aromatic rings. The van der Waals surface area contributed by atoms with Crippen molar-refractivity contribution in [1.82, 2.24) is 14.3 Å². The number of hydrogen-bond acceptors (Lipinski definition) is 3. The minimum atomic E-state index is -0.529. The molecule has 1 saturated heterocycles. The first-order valence-corrected chi connectivity index (χ1v) is 10.7. The number of rotatable bonds is 2. The van der Waals surface area contributed by atoms with Gasteiger partial charge in [0.05, 0.1) is 23.8 Å². The molecule has 0 radical (unpaired) electrons. The number of benzene rings is 2. The van der Waals surface area contributed by atoms with Gasteiger partial charge in [0.2, 0.25) is 0 Å². The van der Waals surface area contributed by atoms with Crippen molar-refractivity contribution in [2.75, 3.05) is 13.2 Å². The van der Waals surface area contributed by atoms with E-state index in [1.807, 2.05) is 26.8 Å². The van der Waals surface area contributed by atoms with Crippen LogP contribution in [0.15, 0.2) is 48.7 Å². The van der Waals surface area contributed by atoms with Crippen molar-refractivity contribution in [3.05, 3.63) is 60.2 Å². The first-order chi connectivity index (χ1) is 14.8. The van der Waals surface area contributed by atoms with Gasteiger partial charge in [-0.2, -0.15) is 9.78 Å². The van der Waals surface area contributed by atoms with Crippen LogP contribution in [0.4, 0.5) is 4.39 Å². The van der Waals surface area contributed by atoms with Crippen molar-refractivity contribution >= 4 is 27.7 Å². The highest BCUT2D eigenvalue weighted by atomic mass is 19.1. The molecule has 1 unspecified atom stereocenters. The number of carbonyl (C=O) groups excluding carboxylic acids is 1. The summed E-state index contributed by atoms with van der Waals surface area (Å²) in [4.78, 5) is 12.9. The number of ether oxygens (including phenoxy) is 1. The highest BCUT2D eigenvalue weighted by Crippen LogP contribution is 2.35. The topological polar surface area (TPSA) is 49.1 Å². The van der Waals surface area contributed by atoms with Crippen LogP contribution in [-0.4, -0.2) is 33.5 Å². The Bertz CT molecular complexity index is 1270. The fourth-order valence-electron chi connectivity index (χ4n) is 4.38. The number of carbonyl (C=O) groups is 1. The van der Waals surface area contributed by atoms with Crippen LogP contribution in [-0.2, 0) is 4.74 Å². The van der Waals surface area contributed by atoms with Crippen LogP contribution < -0.4 is 0 Å². The molecule has 3 heterocycles. The molecule has 2 aromatic carbocycles. The van der Waals surface area contributed by atoms with Gasteiger partial charge in [0, 0.05) is 40.1 Å². The summed E-state index contributed by atoms with van der Waals surface area (Å²) >= 11 is 0. The van der Waals surface area contributed by atoms with E-state index in [1.54, 1.807) is 18.3 Å². The Labute approximate surface area is 180 Å². The van der Waals surface area contributed by atoms with Crippen LogP contribution in [0.3, 0.4) is 0 Å². The van der Waals surface area contributed by atoms with E-state index in [1.165, 1.54) is 16.8 Å². The molecule has 5 nitrogen and oxygen atoms in total. The molecule has 0 aliphatic carbocycles. The maximum Gasteiger partial charge on any atom is 0.252 e. The lowest BCUT2D eigenvalue weighted by molar-refractivity contribution is 0.0755. The Morgan fingerprint density at radius 3 is 2.52 bits per heavy atom. The molecule has 5 rings (SSSR count). The van der Waals surface area contributed by atoms with E-state index in [4.69, 9.17) is 4.74 Å². The van der Waals surface area contributed by atoms with Crippen LogP contribution in [0.25, 0.3) is 27.5 Å². The SMILES string of the molecule is CC(C)(C)C(=O)n1ncc2cc3c(cc(C4CCCOC4)n3-c3ccc(F)cc3)cc21. The lowest BCUT2D eigenvalue weighted by Crippen LogP contribution is -2.27. The van der Waals surface area contributed by atoms with Gasteiger partial charge in [-0.05, 0) is 55.3 Å². The summed E-state index contributed by atoms with van der Waals surface area (Å²) < 4.78 is 23.1. The first-order valence-electron chi connectivity index (χ1n) is 10.7. The Balaban J connectivity index is 1.74. The third-order valence-electron chi connectivity index (χ3n) is 6.02. The Morgan fingerprint density at radius 1 is 1.10 bits per heavy atom. The zero-order valence-electron chi connectivity index (χ0n) is 18.1. The Kier molecular flexibility index (Phi) is 4.70. The van der Waals surface area contributed by atoms with E-state index in [0.717, 1.165) is 52.6 Å². The molecule has 0 amide bonds. The summed E-state index contributed by atoms with van der Waals surface area (Å²) in [6, 6.07) is 12.9. The molecule has 160 valence electrons. The zero-order valence-corrected chi connectivity index (χ0v) is 18.1. The number of halogens is 1. The highest BCUT2D eigenvalue weighted by Gasteiger charge is 2.27. The van der Waals surface area contributed by atoms with E-state index in [2.05, 4.69) is 21.8 Å². The largest absolute Gasteiger partial charge is 0.381 e. The van der Waals surface area contributed by atoms with Gasteiger partial charge >= 0.3 is 0 Å². The predicted molar refractivity (Wildman–Crippen MR) is 119 cm³/mol. The molecule has 1 fully saturated rings. The molecule has 6 heteroatoms. The summed E-state index contributed by atoms with van der Waals surface area (Å²) in [5.41, 5.74) is 3.35. The fourth-order valence-corrected chi connectivity index (χ4v) is 4.38. The van der Waals surface area contributed by atoms with Crippen LogP contribution in [0, 0.1) is 11.2 Å². The number of fused-ring (bicyclic) bond motifs is 2. The molecule has 0 spiro atoms. The van der Waals surface area contributed by atoms with Gasteiger partial charge in [-0.25, -0.2) is 4.39 Å². The minimum Gasteiger partial charge on any atom is -0.381 e. The molecule has 31 heavy (non-hydrogen) atoms. The second-order valence-corrected chi connectivity index (χ2v) is 9.38. The number of aromatic nitrogens is 3. The molecule has 0 saturated carbocycles. The van der Waals surface area contributed by atoms with E-state index >= 15 is 0 Å². The van der Waals surface area contributed by atoms with Crippen LogP contribution in [0.1, 0.15) is 50.0 Å². The smallest absolute Gasteiger partial charge is 0.252 e. The molecule has 1 aliphatic heterocycles. The zero-order chi connectivity index (χ0) is 21.8. The average molecular weight is 420 g/mol. The summed E-state index contributed by atoms with van der Waals surface area (Å²) in [5, 5.41) is 6.31. The molecule has 2 aromatic heterocycles. The van der Waals surface area contributed by atoms with Crippen LogP contribution in [0.5, 0.6) is 0 Å². The van der Waals surface area contributed by atoms with Crippen molar-refractivity contribution in [2.24, 2.45) is 5.41 Å². The van der Waals surface area contributed by atoms with Crippen molar-refractivity contribution in [2.45, 2.75) is 39.5 Å². The second-order valence-electron chi connectivity index (χ2n) is 9.38. The lowest BCUT2D eigenvalue weighted by atomic mass is 9.96. The molecule has 0 N–H and O–H groups in total. The summed E-state index contributed by atoms with van der Waals surface area (Å²) in [7, 11) is 0. The molecular weight excluding hydrogens is 393 g/mol. The van der Waals surface area contributed by atoms with Crippen LogP contribution in [0.2, 0.25) is 0 Å². The van der Waals surface area contributed by atoms with Crippen molar-refractivity contribution in [3.8, 4) is 5.69 Å². The van der Waals surface area contributed by atoms with Gasteiger partial charge in [0.25, 0.3) is 5.91 Å². The monoisotopic (exact) mass is 419 g/mol.